The number of hydrogen-bond donors (Lipinski definition) is 1. The first-order chi connectivity index (χ1) is 12.5. The molecule has 5 nitrogen and oxygen atoms in total. The first-order valence-electron chi connectivity index (χ1n) is 8.95. The number of imide groups is 1. The van der Waals surface area contributed by atoms with Gasteiger partial charge in [-0.3, -0.25) is 19.9 Å². The van der Waals surface area contributed by atoms with E-state index in [1.54, 1.807) is 6.92 Å². The third kappa shape index (κ3) is 6.31. The van der Waals surface area contributed by atoms with E-state index in [1.807, 2.05) is 36.5 Å². The lowest BCUT2D eigenvalue weighted by Gasteiger charge is -2.11. The zero-order valence-corrected chi connectivity index (χ0v) is 15.6. The second-order valence-corrected chi connectivity index (χ2v) is 6.40. The first kappa shape index (κ1) is 19.6. The molecule has 1 heterocycles. The van der Waals surface area contributed by atoms with Crippen molar-refractivity contribution in [3.05, 3.63) is 59.4 Å². The van der Waals surface area contributed by atoms with Crippen LogP contribution in [0.4, 0.5) is 0 Å². The van der Waals surface area contributed by atoms with Crippen molar-refractivity contribution in [1.82, 2.24) is 10.3 Å². The van der Waals surface area contributed by atoms with Crippen LogP contribution in [0.3, 0.4) is 0 Å². The highest BCUT2D eigenvalue weighted by Gasteiger charge is 2.14. The quantitative estimate of drug-likeness (QED) is 0.791. The Morgan fingerprint density at radius 2 is 1.81 bits per heavy atom. The molecule has 0 aliphatic rings. The number of rotatable bonds is 8. The van der Waals surface area contributed by atoms with E-state index in [9.17, 15) is 9.59 Å². The van der Waals surface area contributed by atoms with E-state index >= 15 is 0 Å². The van der Waals surface area contributed by atoms with Crippen LogP contribution >= 0.6 is 0 Å². The minimum atomic E-state index is -0.329. The molecule has 0 aliphatic carbocycles. The van der Waals surface area contributed by atoms with Gasteiger partial charge in [-0.15, -0.1) is 0 Å². The lowest BCUT2D eigenvalue weighted by molar-refractivity contribution is -0.131. The maximum atomic E-state index is 11.8. The summed E-state index contributed by atoms with van der Waals surface area (Å²) in [4.78, 5) is 27.1. The standard InChI is InChI=1S/C21H26N2O3/c1-4-17-5-8-19(22-14-17)11-12-26-20-9-6-18(7-10-20)13-15(2)21(25)23-16(3)24/h5-10,14-15H,4,11-13H2,1-3H3,(H,23,24,25). The van der Waals surface area contributed by atoms with Crippen LogP contribution in [0.25, 0.3) is 0 Å². The van der Waals surface area contributed by atoms with Crippen molar-refractivity contribution in [2.75, 3.05) is 6.61 Å². The Morgan fingerprint density at radius 1 is 1.12 bits per heavy atom. The van der Waals surface area contributed by atoms with E-state index in [0.717, 1.165) is 29.8 Å². The fourth-order valence-electron chi connectivity index (χ4n) is 2.55. The van der Waals surface area contributed by atoms with Gasteiger partial charge in [-0.2, -0.15) is 0 Å². The van der Waals surface area contributed by atoms with Gasteiger partial charge in [0.25, 0.3) is 0 Å². The predicted octanol–water partition coefficient (Wildman–Crippen LogP) is 3.11. The molecule has 0 fully saturated rings. The summed E-state index contributed by atoms with van der Waals surface area (Å²) in [5.41, 5.74) is 3.28. The van der Waals surface area contributed by atoms with E-state index in [0.29, 0.717) is 13.0 Å². The Balaban J connectivity index is 1.79. The number of aromatic nitrogens is 1. The molecule has 1 aromatic heterocycles. The summed E-state index contributed by atoms with van der Waals surface area (Å²) in [6, 6.07) is 11.8. The zero-order valence-electron chi connectivity index (χ0n) is 15.6. The average Bonchev–Trinajstić information content (AvgIpc) is 2.63. The minimum absolute atomic E-state index is 0.251. The molecule has 138 valence electrons. The number of hydrogen-bond acceptors (Lipinski definition) is 4. The van der Waals surface area contributed by atoms with Crippen molar-refractivity contribution in [2.24, 2.45) is 5.92 Å². The Bertz CT molecular complexity index is 724. The predicted molar refractivity (Wildman–Crippen MR) is 101 cm³/mol. The fraction of sp³-hybridized carbons (Fsp3) is 0.381. The highest BCUT2D eigenvalue weighted by molar-refractivity contribution is 5.95. The molecule has 0 aliphatic heterocycles. The summed E-state index contributed by atoms with van der Waals surface area (Å²) < 4.78 is 5.76. The lowest BCUT2D eigenvalue weighted by Crippen LogP contribution is -2.33. The highest BCUT2D eigenvalue weighted by atomic mass is 16.5. The molecular formula is C21H26N2O3. The minimum Gasteiger partial charge on any atom is -0.493 e. The van der Waals surface area contributed by atoms with Crippen LogP contribution in [0, 0.1) is 5.92 Å². The molecule has 0 saturated heterocycles. The molecule has 0 radical (unpaired) electrons. The van der Waals surface area contributed by atoms with Gasteiger partial charge in [0, 0.05) is 31.2 Å². The number of carbonyl (C=O) groups excluding carboxylic acids is 2. The molecule has 0 spiro atoms. The monoisotopic (exact) mass is 354 g/mol. The Hall–Kier alpha value is -2.69. The van der Waals surface area contributed by atoms with Crippen molar-refractivity contribution in [3.63, 3.8) is 0 Å². The molecule has 1 atom stereocenters. The van der Waals surface area contributed by atoms with Crippen LogP contribution in [0.1, 0.15) is 37.6 Å². The van der Waals surface area contributed by atoms with Gasteiger partial charge in [-0.05, 0) is 42.2 Å². The number of aryl methyl sites for hydroxylation is 1. The van der Waals surface area contributed by atoms with E-state index in [1.165, 1.54) is 12.5 Å². The molecule has 0 bridgehead atoms. The smallest absolute Gasteiger partial charge is 0.229 e. The second-order valence-electron chi connectivity index (χ2n) is 6.40. The number of benzene rings is 1. The molecule has 1 N–H and O–H groups in total. The number of pyridine rings is 1. The number of amides is 2. The van der Waals surface area contributed by atoms with Crippen LogP contribution in [0.5, 0.6) is 5.75 Å². The van der Waals surface area contributed by atoms with Crippen molar-refractivity contribution in [1.29, 1.82) is 0 Å². The molecule has 1 unspecified atom stereocenters. The van der Waals surface area contributed by atoms with Crippen molar-refractivity contribution < 1.29 is 14.3 Å². The molecule has 2 rings (SSSR count). The van der Waals surface area contributed by atoms with E-state index in [4.69, 9.17) is 4.74 Å². The number of ether oxygens (including phenoxy) is 1. The van der Waals surface area contributed by atoms with E-state index < -0.39 is 0 Å². The molecule has 5 heteroatoms. The fourth-order valence-corrected chi connectivity index (χ4v) is 2.55. The molecule has 2 amide bonds. The second kappa shape index (κ2) is 9.70. The van der Waals surface area contributed by atoms with Gasteiger partial charge in [0.2, 0.25) is 11.8 Å². The van der Waals surface area contributed by atoms with Crippen LogP contribution < -0.4 is 10.1 Å². The van der Waals surface area contributed by atoms with Gasteiger partial charge >= 0.3 is 0 Å². The van der Waals surface area contributed by atoms with Gasteiger partial charge in [-0.25, -0.2) is 0 Å². The van der Waals surface area contributed by atoms with Gasteiger partial charge in [-0.1, -0.05) is 32.0 Å². The third-order valence-corrected chi connectivity index (χ3v) is 4.13. The largest absolute Gasteiger partial charge is 0.493 e. The van der Waals surface area contributed by atoms with Gasteiger partial charge in [0.05, 0.1) is 6.61 Å². The number of nitrogens with one attached hydrogen (secondary N) is 1. The van der Waals surface area contributed by atoms with Gasteiger partial charge < -0.3 is 4.74 Å². The topological polar surface area (TPSA) is 68.3 Å². The summed E-state index contributed by atoms with van der Waals surface area (Å²) in [5, 5.41) is 2.32. The molecule has 26 heavy (non-hydrogen) atoms. The van der Waals surface area contributed by atoms with Crippen molar-refractivity contribution in [2.45, 2.75) is 40.0 Å². The molecule has 1 aromatic carbocycles. The SMILES string of the molecule is CCc1ccc(CCOc2ccc(CC(C)C(=O)NC(C)=O)cc2)nc1. The zero-order chi connectivity index (χ0) is 18.9. The average molecular weight is 354 g/mol. The normalized spacial score (nSPS) is 11.7. The van der Waals surface area contributed by atoms with Gasteiger partial charge in [0.15, 0.2) is 0 Å². The van der Waals surface area contributed by atoms with Crippen molar-refractivity contribution in [3.8, 4) is 5.75 Å². The van der Waals surface area contributed by atoms with Crippen LogP contribution in [0.15, 0.2) is 42.6 Å². The van der Waals surface area contributed by atoms with Gasteiger partial charge in [0.1, 0.15) is 5.75 Å². The van der Waals surface area contributed by atoms with Crippen molar-refractivity contribution >= 4 is 11.8 Å². The van der Waals surface area contributed by atoms with Crippen LogP contribution in [0.2, 0.25) is 0 Å². The Morgan fingerprint density at radius 3 is 2.38 bits per heavy atom. The van der Waals surface area contributed by atoms with Crippen LogP contribution in [-0.4, -0.2) is 23.4 Å². The molecule has 2 aromatic rings. The summed E-state index contributed by atoms with van der Waals surface area (Å²) in [5.74, 6) is -0.0496. The van der Waals surface area contributed by atoms with E-state index in [2.05, 4.69) is 23.3 Å². The summed E-state index contributed by atoms with van der Waals surface area (Å²) >= 11 is 0. The summed E-state index contributed by atoms with van der Waals surface area (Å²) in [6.07, 6.45) is 4.24. The highest BCUT2D eigenvalue weighted by Crippen LogP contribution is 2.15. The summed E-state index contributed by atoms with van der Waals surface area (Å²) in [6.45, 7) is 5.82. The molecule has 0 saturated carbocycles. The Labute approximate surface area is 154 Å². The number of nitrogens with zero attached hydrogens (tertiary/aromatic N) is 1. The van der Waals surface area contributed by atoms with E-state index in [-0.39, 0.29) is 17.7 Å². The van der Waals surface area contributed by atoms with Crippen LogP contribution in [-0.2, 0) is 28.9 Å². The summed E-state index contributed by atoms with van der Waals surface area (Å²) in [7, 11) is 0. The lowest BCUT2D eigenvalue weighted by atomic mass is 10.0. The third-order valence-electron chi connectivity index (χ3n) is 4.13. The maximum Gasteiger partial charge on any atom is 0.229 e. The first-order valence-corrected chi connectivity index (χ1v) is 8.95. The molecular weight excluding hydrogens is 328 g/mol. The maximum absolute atomic E-state index is 11.8. The number of carbonyl (C=O) groups is 2. The Kier molecular flexibility index (Phi) is 7.33.